The van der Waals surface area contributed by atoms with Crippen LogP contribution in [0.15, 0.2) is 27.4 Å². The zero-order chi connectivity index (χ0) is 14.0. The molecular formula is C14H20N2O3. The van der Waals surface area contributed by atoms with Gasteiger partial charge >= 0.3 is 5.76 Å². The zero-order valence-corrected chi connectivity index (χ0v) is 11.5. The Kier molecular flexibility index (Phi) is 4.07. The van der Waals surface area contributed by atoms with Crippen LogP contribution in [0.4, 0.5) is 0 Å². The summed E-state index contributed by atoms with van der Waals surface area (Å²) in [6.45, 7) is 2.20. The van der Waals surface area contributed by atoms with E-state index in [0.29, 0.717) is 11.1 Å². The van der Waals surface area contributed by atoms with Crippen LogP contribution < -0.4 is 5.76 Å². The number of H-pyrrole nitrogens is 1. The molecule has 0 spiro atoms. The van der Waals surface area contributed by atoms with Gasteiger partial charge in [0.25, 0.3) is 0 Å². The van der Waals surface area contributed by atoms with Crippen LogP contribution in [0, 0.1) is 5.92 Å². The second kappa shape index (κ2) is 5.59. The summed E-state index contributed by atoms with van der Waals surface area (Å²) in [4.78, 5) is 15.9. The Bertz CT molecular complexity index is 596. The van der Waals surface area contributed by atoms with Gasteiger partial charge in [-0.05, 0) is 38.2 Å². The van der Waals surface area contributed by atoms with E-state index in [1.54, 1.807) is 0 Å². The molecule has 104 valence electrons. The average Bonchev–Trinajstić information content (AvgIpc) is 2.74. The normalized spacial score (nSPS) is 15.0. The van der Waals surface area contributed by atoms with Crippen LogP contribution in [0.5, 0.6) is 0 Å². The number of aromatic nitrogens is 1. The SMILES string of the molecule is CCC(CO)C(c1ccc2[nH]c(=O)oc2c1)N(C)C. The van der Waals surface area contributed by atoms with E-state index in [2.05, 4.69) is 16.8 Å². The Morgan fingerprint density at radius 2 is 2.16 bits per heavy atom. The molecule has 0 bridgehead atoms. The molecule has 0 radical (unpaired) electrons. The lowest BCUT2D eigenvalue weighted by molar-refractivity contribution is 0.130. The van der Waals surface area contributed by atoms with Gasteiger partial charge in [-0.2, -0.15) is 0 Å². The molecule has 0 aliphatic rings. The number of aliphatic hydroxyl groups is 1. The van der Waals surface area contributed by atoms with Crippen molar-refractivity contribution in [3.8, 4) is 0 Å². The van der Waals surface area contributed by atoms with E-state index in [1.807, 2.05) is 32.3 Å². The number of fused-ring (bicyclic) bond motifs is 1. The summed E-state index contributed by atoms with van der Waals surface area (Å²) in [7, 11) is 3.97. The molecule has 2 atom stereocenters. The number of aromatic amines is 1. The minimum Gasteiger partial charge on any atom is -0.408 e. The number of hydrogen-bond acceptors (Lipinski definition) is 4. The predicted octanol–water partition coefficient (Wildman–Crippen LogP) is 1.74. The lowest BCUT2D eigenvalue weighted by Gasteiger charge is -2.31. The Labute approximate surface area is 111 Å². The van der Waals surface area contributed by atoms with Gasteiger partial charge in [0.2, 0.25) is 0 Å². The van der Waals surface area contributed by atoms with Crippen molar-refractivity contribution >= 4 is 11.1 Å². The third-order valence-electron chi connectivity index (χ3n) is 3.55. The lowest BCUT2D eigenvalue weighted by atomic mass is 9.90. The Morgan fingerprint density at radius 3 is 2.74 bits per heavy atom. The molecule has 1 aromatic carbocycles. The highest BCUT2D eigenvalue weighted by atomic mass is 16.4. The fourth-order valence-corrected chi connectivity index (χ4v) is 2.59. The molecule has 0 aliphatic heterocycles. The first-order valence-corrected chi connectivity index (χ1v) is 6.46. The molecule has 5 nitrogen and oxygen atoms in total. The maximum Gasteiger partial charge on any atom is 0.417 e. The van der Waals surface area contributed by atoms with E-state index in [4.69, 9.17) is 4.42 Å². The minimum absolute atomic E-state index is 0.0969. The molecule has 0 fully saturated rings. The Balaban J connectivity index is 2.46. The van der Waals surface area contributed by atoms with Crippen molar-refractivity contribution in [1.82, 2.24) is 9.88 Å². The molecule has 19 heavy (non-hydrogen) atoms. The second-order valence-electron chi connectivity index (χ2n) is 5.03. The van der Waals surface area contributed by atoms with E-state index >= 15 is 0 Å². The molecule has 5 heteroatoms. The van der Waals surface area contributed by atoms with Crippen molar-refractivity contribution in [1.29, 1.82) is 0 Å². The monoisotopic (exact) mass is 264 g/mol. The van der Waals surface area contributed by atoms with Crippen LogP contribution in [0.2, 0.25) is 0 Å². The van der Waals surface area contributed by atoms with Gasteiger partial charge in [-0.3, -0.25) is 4.98 Å². The number of oxazole rings is 1. The van der Waals surface area contributed by atoms with Gasteiger partial charge in [0, 0.05) is 18.6 Å². The van der Waals surface area contributed by atoms with Crippen molar-refractivity contribution in [3.05, 3.63) is 34.3 Å². The average molecular weight is 264 g/mol. The van der Waals surface area contributed by atoms with E-state index < -0.39 is 5.76 Å². The molecule has 1 heterocycles. The molecule has 2 N–H and O–H groups in total. The molecular weight excluding hydrogens is 244 g/mol. The van der Waals surface area contributed by atoms with Gasteiger partial charge < -0.3 is 14.4 Å². The molecule has 0 amide bonds. The predicted molar refractivity (Wildman–Crippen MR) is 74.1 cm³/mol. The van der Waals surface area contributed by atoms with Gasteiger partial charge in [-0.1, -0.05) is 13.0 Å². The maximum absolute atomic E-state index is 11.2. The molecule has 0 saturated heterocycles. The van der Waals surface area contributed by atoms with Crippen molar-refractivity contribution in [2.75, 3.05) is 20.7 Å². The first kappa shape index (κ1) is 13.8. The van der Waals surface area contributed by atoms with Crippen LogP contribution >= 0.6 is 0 Å². The van der Waals surface area contributed by atoms with Gasteiger partial charge in [0.05, 0.1) is 5.52 Å². The number of rotatable bonds is 5. The third-order valence-corrected chi connectivity index (χ3v) is 3.55. The number of nitrogens with zero attached hydrogens (tertiary/aromatic N) is 1. The highest BCUT2D eigenvalue weighted by molar-refractivity contribution is 5.72. The molecule has 2 aromatic rings. The summed E-state index contributed by atoms with van der Waals surface area (Å²) >= 11 is 0. The second-order valence-corrected chi connectivity index (χ2v) is 5.03. The topological polar surface area (TPSA) is 69.5 Å². The number of hydrogen-bond donors (Lipinski definition) is 2. The number of benzene rings is 1. The van der Waals surface area contributed by atoms with E-state index in [0.717, 1.165) is 12.0 Å². The van der Waals surface area contributed by atoms with Gasteiger partial charge in [0.1, 0.15) is 0 Å². The first-order chi connectivity index (χ1) is 9.06. The molecule has 1 aromatic heterocycles. The van der Waals surface area contributed by atoms with Gasteiger partial charge in [-0.25, -0.2) is 4.79 Å². The summed E-state index contributed by atoms with van der Waals surface area (Å²) in [5.74, 6) is -0.291. The molecule has 0 saturated carbocycles. The van der Waals surface area contributed by atoms with E-state index in [1.165, 1.54) is 0 Å². The van der Waals surface area contributed by atoms with Crippen molar-refractivity contribution in [2.24, 2.45) is 5.92 Å². The van der Waals surface area contributed by atoms with Crippen LogP contribution in [-0.2, 0) is 0 Å². The summed E-state index contributed by atoms with van der Waals surface area (Å²) in [5.41, 5.74) is 2.30. The van der Waals surface area contributed by atoms with Crippen LogP contribution in [0.1, 0.15) is 24.9 Å². The fourth-order valence-electron chi connectivity index (χ4n) is 2.59. The quantitative estimate of drug-likeness (QED) is 0.863. The van der Waals surface area contributed by atoms with Crippen molar-refractivity contribution < 1.29 is 9.52 Å². The van der Waals surface area contributed by atoms with E-state index in [9.17, 15) is 9.90 Å². The maximum atomic E-state index is 11.2. The number of aliphatic hydroxyl groups excluding tert-OH is 1. The lowest BCUT2D eigenvalue weighted by Crippen LogP contribution is -2.29. The third kappa shape index (κ3) is 2.72. The summed E-state index contributed by atoms with van der Waals surface area (Å²) < 4.78 is 5.09. The molecule has 2 rings (SSSR count). The minimum atomic E-state index is -0.442. The van der Waals surface area contributed by atoms with Crippen LogP contribution in [0.25, 0.3) is 11.1 Å². The first-order valence-electron chi connectivity index (χ1n) is 6.46. The van der Waals surface area contributed by atoms with Crippen molar-refractivity contribution in [3.63, 3.8) is 0 Å². The Hall–Kier alpha value is -1.59. The molecule has 0 aliphatic carbocycles. The van der Waals surface area contributed by atoms with Crippen LogP contribution in [-0.4, -0.2) is 35.7 Å². The van der Waals surface area contributed by atoms with Crippen molar-refractivity contribution in [2.45, 2.75) is 19.4 Å². The zero-order valence-electron chi connectivity index (χ0n) is 11.5. The highest BCUT2D eigenvalue weighted by Crippen LogP contribution is 2.30. The summed E-state index contributed by atoms with van der Waals surface area (Å²) in [6.07, 6.45) is 0.883. The Morgan fingerprint density at radius 1 is 1.42 bits per heavy atom. The largest absolute Gasteiger partial charge is 0.417 e. The van der Waals surface area contributed by atoms with E-state index in [-0.39, 0.29) is 18.6 Å². The smallest absolute Gasteiger partial charge is 0.408 e. The fraction of sp³-hybridized carbons (Fsp3) is 0.500. The van der Waals surface area contributed by atoms with Gasteiger partial charge in [0.15, 0.2) is 5.58 Å². The van der Waals surface area contributed by atoms with Gasteiger partial charge in [-0.15, -0.1) is 0 Å². The highest BCUT2D eigenvalue weighted by Gasteiger charge is 2.23. The summed E-state index contributed by atoms with van der Waals surface area (Å²) in [5, 5.41) is 9.52. The summed E-state index contributed by atoms with van der Waals surface area (Å²) in [6, 6.07) is 5.78. The van der Waals surface area contributed by atoms with Crippen LogP contribution in [0.3, 0.4) is 0 Å². The molecule has 2 unspecified atom stereocenters. The standard InChI is InChI=1S/C14H20N2O3/c1-4-9(8-17)13(16(2)3)10-5-6-11-12(7-10)19-14(18)15-11/h5-7,9,13,17H,4,8H2,1-3H3,(H,15,18). The number of nitrogens with one attached hydrogen (secondary N) is 1.